The van der Waals surface area contributed by atoms with Crippen molar-refractivity contribution in [3.8, 4) is 17.2 Å². The molecule has 1 N–H and O–H groups in total. The Morgan fingerprint density at radius 1 is 1.08 bits per heavy atom. The number of aromatic amines is 1. The molecular formula is C19H16FN3O3. The number of H-pyrrole nitrogens is 1. The number of benzene rings is 2. The summed E-state index contributed by atoms with van der Waals surface area (Å²) in [5.41, 5.74) is 1.94. The molecule has 6 nitrogen and oxygen atoms in total. The van der Waals surface area contributed by atoms with E-state index < -0.39 is 0 Å². The van der Waals surface area contributed by atoms with E-state index in [1.807, 2.05) is 6.92 Å². The van der Waals surface area contributed by atoms with Crippen LogP contribution in [0.5, 0.6) is 11.5 Å². The van der Waals surface area contributed by atoms with E-state index in [2.05, 4.69) is 10.1 Å². The number of nitrogens with zero attached hydrogens (tertiary/aromatic N) is 2. The van der Waals surface area contributed by atoms with Crippen molar-refractivity contribution in [1.82, 2.24) is 14.8 Å². The number of aryl methyl sites for hydroxylation is 1. The van der Waals surface area contributed by atoms with Crippen LogP contribution >= 0.6 is 0 Å². The predicted octanol–water partition coefficient (Wildman–Crippen LogP) is 3.33. The SMILES string of the molecule is COc1cc(OC)c2c(c1)[nH]c1c(=O)n(-c3ccc(F)cc3)nc(C)c12. The second kappa shape index (κ2) is 5.87. The molecule has 4 aromatic rings. The van der Waals surface area contributed by atoms with Gasteiger partial charge in [0.05, 0.1) is 36.5 Å². The van der Waals surface area contributed by atoms with Gasteiger partial charge in [-0.05, 0) is 31.2 Å². The number of fused-ring (bicyclic) bond motifs is 3. The summed E-state index contributed by atoms with van der Waals surface area (Å²) in [5, 5.41) is 5.89. The van der Waals surface area contributed by atoms with Gasteiger partial charge < -0.3 is 14.5 Å². The predicted molar refractivity (Wildman–Crippen MR) is 97.0 cm³/mol. The fourth-order valence-corrected chi connectivity index (χ4v) is 3.18. The minimum atomic E-state index is -0.373. The first kappa shape index (κ1) is 16.1. The van der Waals surface area contributed by atoms with Crippen molar-refractivity contribution in [2.45, 2.75) is 6.92 Å². The molecule has 0 aliphatic rings. The molecule has 26 heavy (non-hydrogen) atoms. The van der Waals surface area contributed by atoms with Crippen molar-refractivity contribution in [1.29, 1.82) is 0 Å². The maximum Gasteiger partial charge on any atom is 0.295 e. The molecule has 132 valence electrons. The molecule has 0 fully saturated rings. The zero-order chi connectivity index (χ0) is 18.4. The number of hydrogen-bond acceptors (Lipinski definition) is 4. The number of halogens is 1. The van der Waals surface area contributed by atoms with Gasteiger partial charge in [-0.1, -0.05) is 0 Å². The van der Waals surface area contributed by atoms with Gasteiger partial charge in [-0.25, -0.2) is 4.39 Å². The number of ether oxygens (including phenoxy) is 2. The number of rotatable bonds is 3. The van der Waals surface area contributed by atoms with E-state index in [-0.39, 0.29) is 11.4 Å². The largest absolute Gasteiger partial charge is 0.497 e. The minimum absolute atomic E-state index is 0.325. The van der Waals surface area contributed by atoms with Gasteiger partial charge in [0.25, 0.3) is 5.56 Å². The molecule has 0 aliphatic heterocycles. The lowest BCUT2D eigenvalue weighted by Crippen LogP contribution is -2.22. The highest BCUT2D eigenvalue weighted by Crippen LogP contribution is 2.36. The van der Waals surface area contributed by atoms with Crippen molar-refractivity contribution in [3.63, 3.8) is 0 Å². The lowest BCUT2D eigenvalue weighted by Gasteiger charge is -2.08. The van der Waals surface area contributed by atoms with Gasteiger partial charge in [0.1, 0.15) is 22.8 Å². The summed E-state index contributed by atoms with van der Waals surface area (Å²) in [4.78, 5) is 16.1. The third-order valence-corrected chi connectivity index (χ3v) is 4.38. The molecule has 7 heteroatoms. The molecule has 0 atom stereocenters. The molecule has 0 radical (unpaired) electrons. The third-order valence-electron chi connectivity index (χ3n) is 4.38. The zero-order valence-corrected chi connectivity index (χ0v) is 14.5. The molecule has 2 aromatic heterocycles. The Morgan fingerprint density at radius 2 is 1.81 bits per heavy atom. The summed E-state index contributed by atoms with van der Waals surface area (Å²) >= 11 is 0. The van der Waals surface area contributed by atoms with Crippen molar-refractivity contribution in [2.75, 3.05) is 14.2 Å². The van der Waals surface area contributed by atoms with E-state index in [1.54, 1.807) is 26.4 Å². The average Bonchev–Trinajstić information content (AvgIpc) is 3.05. The van der Waals surface area contributed by atoms with Crippen LogP contribution < -0.4 is 15.0 Å². The molecule has 0 aliphatic carbocycles. The zero-order valence-electron chi connectivity index (χ0n) is 14.5. The lowest BCUT2D eigenvalue weighted by molar-refractivity contribution is 0.398. The van der Waals surface area contributed by atoms with Crippen LogP contribution in [0.2, 0.25) is 0 Å². The molecular weight excluding hydrogens is 337 g/mol. The van der Waals surface area contributed by atoms with Gasteiger partial charge in [-0.2, -0.15) is 9.78 Å². The smallest absolute Gasteiger partial charge is 0.295 e. The van der Waals surface area contributed by atoms with Crippen LogP contribution in [0.25, 0.3) is 27.5 Å². The highest BCUT2D eigenvalue weighted by molar-refractivity contribution is 6.11. The lowest BCUT2D eigenvalue weighted by atomic mass is 10.1. The van der Waals surface area contributed by atoms with Gasteiger partial charge in [0, 0.05) is 17.5 Å². The normalized spacial score (nSPS) is 11.2. The van der Waals surface area contributed by atoms with Gasteiger partial charge in [-0.15, -0.1) is 0 Å². The third kappa shape index (κ3) is 2.32. The second-order valence-electron chi connectivity index (χ2n) is 5.91. The van der Waals surface area contributed by atoms with Crippen LogP contribution in [0, 0.1) is 12.7 Å². The minimum Gasteiger partial charge on any atom is -0.497 e. The fourth-order valence-electron chi connectivity index (χ4n) is 3.18. The molecule has 0 saturated heterocycles. The summed E-state index contributed by atoms with van der Waals surface area (Å²) < 4.78 is 25.2. The van der Waals surface area contributed by atoms with E-state index in [0.717, 1.165) is 10.9 Å². The average molecular weight is 353 g/mol. The Balaban J connectivity index is 2.09. The van der Waals surface area contributed by atoms with Crippen molar-refractivity contribution in [3.05, 3.63) is 58.3 Å². The van der Waals surface area contributed by atoms with Gasteiger partial charge in [0.2, 0.25) is 0 Å². The fraction of sp³-hybridized carbons (Fsp3) is 0.158. The number of nitrogens with one attached hydrogen (secondary N) is 1. The summed E-state index contributed by atoms with van der Waals surface area (Å²) in [7, 11) is 3.13. The molecule has 4 rings (SSSR count). The number of methoxy groups -OCH3 is 2. The highest BCUT2D eigenvalue weighted by Gasteiger charge is 2.18. The molecule has 2 heterocycles. The van der Waals surface area contributed by atoms with E-state index in [9.17, 15) is 9.18 Å². The molecule has 0 saturated carbocycles. The Hall–Kier alpha value is -3.35. The van der Waals surface area contributed by atoms with Crippen molar-refractivity contribution < 1.29 is 13.9 Å². The van der Waals surface area contributed by atoms with Crippen LogP contribution in [0.15, 0.2) is 41.2 Å². The topological polar surface area (TPSA) is 69.1 Å². The molecule has 2 aromatic carbocycles. The van der Waals surface area contributed by atoms with E-state index in [1.165, 1.54) is 28.9 Å². The quantitative estimate of drug-likeness (QED) is 0.613. The molecule has 0 amide bonds. The molecule has 0 spiro atoms. The Morgan fingerprint density at radius 3 is 2.46 bits per heavy atom. The first-order chi connectivity index (χ1) is 12.5. The highest BCUT2D eigenvalue weighted by atomic mass is 19.1. The standard InChI is InChI=1S/C19H16FN3O3/c1-10-16-17-14(8-13(25-2)9-15(17)26-3)21-18(16)19(24)23(22-10)12-6-4-11(20)5-7-12/h4-9,21H,1-3H3. The van der Waals surface area contributed by atoms with Crippen molar-refractivity contribution in [2.24, 2.45) is 0 Å². The van der Waals surface area contributed by atoms with E-state index in [0.29, 0.717) is 33.8 Å². The summed E-state index contributed by atoms with van der Waals surface area (Å²) in [6.45, 7) is 1.82. The van der Waals surface area contributed by atoms with Gasteiger partial charge in [-0.3, -0.25) is 4.79 Å². The number of hydrogen-bond donors (Lipinski definition) is 1. The van der Waals surface area contributed by atoms with Gasteiger partial charge >= 0.3 is 0 Å². The Bertz CT molecular complexity index is 1190. The maximum absolute atomic E-state index is 13.2. The monoisotopic (exact) mass is 353 g/mol. The van der Waals surface area contributed by atoms with E-state index in [4.69, 9.17) is 9.47 Å². The first-order valence-corrected chi connectivity index (χ1v) is 7.96. The van der Waals surface area contributed by atoms with Crippen LogP contribution in [0.3, 0.4) is 0 Å². The first-order valence-electron chi connectivity index (χ1n) is 7.96. The van der Waals surface area contributed by atoms with Crippen LogP contribution in [0.1, 0.15) is 5.69 Å². The van der Waals surface area contributed by atoms with Crippen LogP contribution in [-0.4, -0.2) is 29.0 Å². The van der Waals surface area contributed by atoms with Crippen molar-refractivity contribution >= 4 is 21.8 Å². The Kier molecular flexibility index (Phi) is 3.64. The van der Waals surface area contributed by atoms with Crippen LogP contribution in [-0.2, 0) is 0 Å². The summed E-state index contributed by atoms with van der Waals surface area (Å²) in [6.07, 6.45) is 0. The summed E-state index contributed by atoms with van der Waals surface area (Å²) in [5.74, 6) is 0.835. The second-order valence-corrected chi connectivity index (χ2v) is 5.91. The molecule has 0 unspecified atom stereocenters. The van der Waals surface area contributed by atoms with Gasteiger partial charge in [0.15, 0.2) is 0 Å². The maximum atomic E-state index is 13.2. The Labute approximate surface area is 147 Å². The molecule has 0 bridgehead atoms. The summed E-state index contributed by atoms with van der Waals surface area (Å²) in [6, 6.07) is 9.19. The van der Waals surface area contributed by atoms with E-state index >= 15 is 0 Å². The van der Waals surface area contributed by atoms with Crippen LogP contribution in [0.4, 0.5) is 4.39 Å². The number of aromatic nitrogens is 3.